The summed E-state index contributed by atoms with van der Waals surface area (Å²) in [7, 11) is 1.43. The number of ether oxygens (including phenoxy) is 1. The summed E-state index contributed by atoms with van der Waals surface area (Å²) in [4.78, 5) is 30.3. The van der Waals surface area contributed by atoms with Crippen LogP contribution >= 0.6 is 11.3 Å². The molecule has 0 atom stereocenters. The molecule has 2 aliphatic rings. The van der Waals surface area contributed by atoms with Crippen LogP contribution in [0.5, 0.6) is 0 Å². The maximum Gasteiger partial charge on any atom is 0.350 e. The van der Waals surface area contributed by atoms with Gasteiger partial charge >= 0.3 is 5.97 Å². The number of carbonyl (C=O) groups is 2. The minimum Gasteiger partial charge on any atom is -0.465 e. The molecule has 1 aromatic rings. The summed E-state index contributed by atoms with van der Waals surface area (Å²) in [5.74, 6) is 0.602. The van der Waals surface area contributed by atoms with Crippen LogP contribution in [0.25, 0.3) is 5.57 Å². The molecule has 2 aliphatic carbocycles. The number of rotatable bonds is 7. The van der Waals surface area contributed by atoms with E-state index >= 15 is 0 Å². The summed E-state index contributed by atoms with van der Waals surface area (Å²) < 4.78 is 5.16. The van der Waals surface area contributed by atoms with Crippen molar-refractivity contribution in [3.8, 4) is 0 Å². The van der Waals surface area contributed by atoms with Crippen LogP contribution in [0.1, 0.15) is 107 Å². The molecule has 0 unspecified atom stereocenters. The normalized spacial score (nSPS) is 23.0. The Morgan fingerprint density at radius 1 is 1.19 bits per heavy atom. The highest BCUT2D eigenvalue weighted by molar-refractivity contribution is 7.15. The lowest BCUT2D eigenvalue weighted by Crippen LogP contribution is -2.44. The molecule has 0 spiro atoms. The number of esters is 1. The van der Waals surface area contributed by atoms with E-state index in [9.17, 15) is 9.59 Å². The minimum absolute atomic E-state index is 0.0512. The molecule has 32 heavy (non-hydrogen) atoms. The highest BCUT2D eigenvalue weighted by Gasteiger charge is 2.35. The molecule has 5 heteroatoms. The largest absolute Gasteiger partial charge is 0.465 e. The van der Waals surface area contributed by atoms with Crippen LogP contribution < -0.4 is 4.90 Å². The molecule has 4 nitrogen and oxygen atoms in total. The van der Waals surface area contributed by atoms with E-state index in [0.717, 1.165) is 68.4 Å². The van der Waals surface area contributed by atoms with E-state index in [4.69, 9.17) is 4.74 Å². The molecule has 3 rings (SSSR count). The molecule has 0 radical (unpaired) electrons. The number of carbonyl (C=O) groups excluding carboxylic acids is 2. The lowest BCUT2D eigenvalue weighted by atomic mass is 9.78. The standard InChI is InChI=1S/C27H41NO3S/c1-7-21(8-2)28(25(29)20-11-9-18(3)10-12-20)22-17-23(32-24(22)26(30)31-6)19-13-15-27(4,5)16-14-19/h13,17-18,20-21H,7-12,14-16H2,1-6H3. The van der Waals surface area contributed by atoms with E-state index in [2.05, 4.69) is 46.8 Å². The van der Waals surface area contributed by atoms with Gasteiger partial charge in [0.15, 0.2) is 0 Å². The number of hydrogen-bond acceptors (Lipinski definition) is 4. The molecule has 0 N–H and O–H groups in total. The van der Waals surface area contributed by atoms with Gasteiger partial charge in [-0.2, -0.15) is 0 Å². The van der Waals surface area contributed by atoms with Crippen molar-refractivity contribution in [1.82, 2.24) is 0 Å². The van der Waals surface area contributed by atoms with Crippen molar-refractivity contribution in [1.29, 1.82) is 0 Å². The van der Waals surface area contributed by atoms with Crippen molar-refractivity contribution in [2.24, 2.45) is 17.3 Å². The molecular formula is C27H41NO3S. The number of hydrogen-bond donors (Lipinski definition) is 0. The van der Waals surface area contributed by atoms with Crippen molar-refractivity contribution in [2.75, 3.05) is 12.0 Å². The van der Waals surface area contributed by atoms with Crippen LogP contribution in [-0.2, 0) is 9.53 Å². The second kappa shape index (κ2) is 10.5. The first kappa shape index (κ1) is 25.0. The second-order valence-corrected chi connectivity index (χ2v) is 11.6. The highest BCUT2D eigenvalue weighted by atomic mass is 32.1. The molecule has 0 aliphatic heterocycles. The van der Waals surface area contributed by atoms with Gasteiger partial charge in [0.05, 0.1) is 12.8 Å². The fraction of sp³-hybridized carbons (Fsp3) is 0.704. The lowest BCUT2D eigenvalue weighted by molar-refractivity contribution is -0.124. The van der Waals surface area contributed by atoms with Crippen LogP contribution in [0.3, 0.4) is 0 Å². The average molecular weight is 460 g/mol. The van der Waals surface area contributed by atoms with Crippen LogP contribution in [0.15, 0.2) is 12.1 Å². The number of anilines is 1. The molecule has 0 saturated heterocycles. The van der Waals surface area contributed by atoms with Gasteiger partial charge in [-0.15, -0.1) is 11.3 Å². The number of allylic oxidation sites excluding steroid dienone is 2. The molecule has 0 aromatic carbocycles. The van der Waals surface area contributed by atoms with Gasteiger partial charge in [0.2, 0.25) is 5.91 Å². The number of thiophene rings is 1. The zero-order chi connectivity index (χ0) is 23.5. The zero-order valence-electron chi connectivity index (χ0n) is 20.8. The van der Waals surface area contributed by atoms with Gasteiger partial charge in [-0.1, -0.05) is 40.7 Å². The molecule has 0 bridgehead atoms. The van der Waals surface area contributed by atoms with Crippen molar-refractivity contribution in [3.05, 3.63) is 21.9 Å². The van der Waals surface area contributed by atoms with E-state index in [1.165, 1.54) is 24.0 Å². The van der Waals surface area contributed by atoms with Crippen molar-refractivity contribution < 1.29 is 14.3 Å². The topological polar surface area (TPSA) is 46.6 Å². The Balaban J connectivity index is 2.02. The van der Waals surface area contributed by atoms with Gasteiger partial charge in [-0.05, 0) is 80.8 Å². The van der Waals surface area contributed by atoms with Crippen molar-refractivity contribution in [2.45, 2.75) is 98.4 Å². The van der Waals surface area contributed by atoms with Gasteiger partial charge in [-0.25, -0.2) is 4.79 Å². The summed E-state index contributed by atoms with van der Waals surface area (Å²) in [5, 5.41) is 0. The monoisotopic (exact) mass is 459 g/mol. The fourth-order valence-corrected chi connectivity index (χ4v) is 6.25. The van der Waals surface area contributed by atoms with E-state index in [-0.39, 0.29) is 23.8 Å². The first-order valence-electron chi connectivity index (χ1n) is 12.4. The molecule has 1 saturated carbocycles. The third-order valence-corrected chi connectivity index (χ3v) is 8.72. The van der Waals surface area contributed by atoms with Crippen LogP contribution in [0.2, 0.25) is 0 Å². The summed E-state index contributed by atoms with van der Waals surface area (Å²) >= 11 is 1.49. The molecule has 1 heterocycles. The number of nitrogens with zero attached hydrogens (tertiary/aromatic N) is 1. The number of amides is 1. The van der Waals surface area contributed by atoms with Crippen LogP contribution in [0, 0.1) is 17.3 Å². The maximum atomic E-state index is 13.9. The summed E-state index contributed by atoms with van der Waals surface area (Å²) in [6, 6.07) is 2.19. The maximum absolute atomic E-state index is 13.9. The van der Waals surface area contributed by atoms with Gasteiger partial charge in [-0.3, -0.25) is 4.79 Å². The number of methoxy groups -OCH3 is 1. The van der Waals surface area contributed by atoms with Crippen molar-refractivity contribution in [3.63, 3.8) is 0 Å². The third kappa shape index (κ3) is 5.47. The van der Waals surface area contributed by atoms with Crippen LogP contribution in [0.4, 0.5) is 5.69 Å². The molecule has 1 amide bonds. The molecule has 1 aromatic heterocycles. The predicted molar refractivity (Wildman–Crippen MR) is 134 cm³/mol. The van der Waals surface area contributed by atoms with Crippen molar-refractivity contribution >= 4 is 34.5 Å². The minimum atomic E-state index is -0.339. The Morgan fingerprint density at radius 3 is 2.38 bits per heavy atom. The van der Waals surface area contributed by atoms with Gasteiger partial charge in [0.25, 0.3) is 0 Å². The Labute approximate surface area is 198 Å². The Morgan fingerprint density at radius 2 is 1.84 bits per heavy atom. The predicted octanol–water partition coefficient (Wildman–Crippen LogP) is 7.48. The highest BCUT2D eigenvalue weighted by Crippen LogP contribution is 2.44. The third-order valence-electron chi connectivity index (χ3n) is 7.54. The zero-order valence-corrected chi connectivity index (χ0v) is 21.6. The lowest BCUT2D eigenvalue weighted by Gasteiger charge is -2.35. The second-order valence-electron chi connectivity index (χ2n) is 10.5. The van der Waals surface area contributed by atoms with Crippen LogP contribution in [-0.4, -0.2) is 25.0 Å². The quantitative estimate of drug-likeness (QED) is 0.397. The summed E-state index contributed by atoms with van der Waals surface area (Å²) in [6.45, 7) is 11.2. The Kier molecular flexibility index (Phi) is 8.24. The van der Waals surface area contributed by atoms with Gasteiger partial charge < -0.3 is 9.64 Å². The Bertz CT molecular complexity index is 841. The summed E-state index contributed by atoms with van der Waals surface area (Å²) in [6.07, 6.45) is 11.3. The van der Waals surface area contributed by atoms with E-state index < -0.39 is 0 Å². The molecule has 178 valence electrons. The van der Waals surface area contributed by atoms with Gasteiger partial charge in [0, 0.05) is 16.8 Å². The van der Waals surface area contributed by atoms with E-state index in [1.54, 1.807) is 0 Å². The van der Waals surface area contributed by atoms with E-state index in [1.807, 2.05) is 4.90 Å². The first-order chi connectivity index (χ1) is 15.2. The fourth-order valence-electron chi connectivity index (χ4n) is 5.11. The Hall–Kier alpha value is -1.62. The first-order valence-corrected chi connectivity index (χ1v) is 13.3. The summed E-state index contributed by atoms with van der Waals surface area (Å²) in [5.41, 5.74) is 2.39. The molecule has 1 fully saturated rings. The average Bonchev–Trinajstić information content (AvgIpc) is 3.21. The molecular weight excluding hydrogens is 418 g/mol. The SMILES string of the molecule is CCC(CC)N(C(=O)C1CCC(C)CC1)c1cc(C2=CCC(C)(C)CC2)sc1C(=O)OC. The van der Waals surface area contributed by atoms with Gasteiger partial charge in [0.1, 0.15) is 4.88 Å². The van der Waals surface area contributed by atoms with E-state index in [0.29, 0.717) is 16.2 Å². The smallest absolute Gasteiger partial charge is 0.350 e.